The monoisotopic (exact) mass is 240 g/mol. The number of hydrogen-bond donors (Lipinski definition) is 1. The Morgan fingerprint density at radius 3 is 2.75 bits per heavy atom. The molecule has 16 heavy (non-hydrogen) atoms. The maximum Gasteiger partial charge on any atom is 0.157 e. The Morgan fingerprint density at radius 1 is 1.44 bits per heavy atom. The van der Waals surface area contributed by atoms with Gasteiger partial charge in [0.05, 0.1) is 0 Å². The van der Waals surface area contributed by atoms with Crippen molar-refractivity contribution in [2.24, 2.45) is 16.8 Å². The molecule has 1 aliphatic heterocycles. The van der Waals surface area contributed by atoms with E-state index in [1.165, 1.54) is 36.6 Å². The van der Waals surface area contributed by atoms with Crippen LogP contribution in [0, 0.1) is 11.8 Å². The van der Waals surface area contributed by atoms with E-state index >= 15 is 0 Å². The van der Waals surface area contributed by atoms with Crippen molar-refractivity contribution in [2.45, 2.75) is 52.0 Å². The number of thioether (sulfide) groups is 1. The second-order valence-corrected chi connectivity index (χ2v) is 6.88. The Morgan fingerprint density at radius 2 is 2.12 bits per heavy atom. The third-order valence-electron chi connectivity index (χ3n) is 3.69. The van der Waals surface area contributed by atoms with Crippen LogP contribution in [0.5, 0.6) is 0 Å². The van der Waals surface area contributed by atoms with Gasteiger partial charge in [0, 0.05) is 17.8 Å². The molecule has 0 unspecified atom stereocenters. The largest absolute Gasteiger partial charge is 0.359 e. The molecule has 3 heteroatoms. The number of hydrogen-bond acceptors (Lipinski definition) is 2. The van der Waals surface area contributed by atoms with Crippen LogP contribution in [0.2, 0.25) is 0 Å². The smallest absolute Gasteiger partial charge is 0.157 e. The number of nitrogens with one attached hydrogen (secondary N) is 1. The van der Waals surface area contributed by atoms with E-state index in [4.69, 9.17) is 0 Å². The molecule has 1 N–H and O–H groups in total. The summed E-state index contributed by atoms with van der Waals surface area (Å²) in [6, 6.07) is 0. The van der Waals surface area contributed by atoms with Gasteiger partial charge >= 0.3 is 0 Å². The van der Waals surface area contributed by atoms with Gasteiger partial charge in [0.15, 0.2) is 5.17 Å². The fourth-order valence-corrected chi connectivity index (χ4v) is 3.67. The molecular formula is C13H24N2S. The van der Waals surface area contributed by atoms with Crippen LogP contribution in [0.1, 0.15) is 46.5 Å². The Kier molecular flexibility index (Phi) is 3.83. The average Bonchev–Trinajstić information content (AvgIpc) is 2.64. The summed E-state index contributed by atoms with van der Waals surface area (Å²) in [5.41, 5.74) is 0.396. The maximum absolute atomic E-state index is 4.66. The lowest BCUT2D eigenvalue weighted by Crippen LogP contribution is -2.46. The van der Waals surface area contributed by atoms with Gasteiger partial charge in [0.25, 0.3) is 0 Å². The van der Waals surface area contributed by atoms with E-state index in [1.807, 2.05) is 11.8 Å². The van der Waals surface area contributed by atoms with Crippen LogP contribution < -0.4 is 5.32 Å². The van der Waals surface area contributed by atoms with Crippen molar-refractivity contribution in [1.82, 2.24) is 5.32 Å². The van der Waals surface area contributed by atoms with Gasteiger partial charge in [0.2, 0.25) is 0 Å². The van der Waals surface area contributed by atoms with Gasteiger partial charge in [-0.1, -0.05) is 32.5 Å². The van der Waals surface area contributed by atoms with Crippen LogP contribution in [0.3, 0.4) is 0 Å². The molecule has 2 nitrogen and oxygen atoms in total. The first-order chi connectivity index (χ1) is 7.60. The van der Waals surface area contributed by atoms with E-state index in [2.05, 4.69) is 31.1 Å². The highest BCUT2D eigenvalue weighted by Crippen LogP contribution is 2.38. The zero-order valence-electron chi connectivity index (χ0n) is 10.8. The van der Waals surface area contributed by atoms with Crippen LogP contribution in [0.15, 0.2) is 4.99 Å². The first kappa shape index (κ1) is 12.3. The molecule has 2 rings (SSSR count). The second kappa shape index (κ2) is 4.99. The molecule has 92 valence electrons. The third-order valence-corrected chi connectivity index (χ3v) is 4.89. The van der Waals surface area contributed by atoms with E-state index in [0.717, 1.165) is 12.5 Å². The normalized spacial score (nSPS) is 37.2. The molecule has 1 saturated heterocycles. The zero-order chi connectivity index (χ0) is 11.6. The highest BCUT2D eigenvalue weighted by atomic mass is 32.2. The van der Waals surface area contributed by atoms with Gasteiger partial charge in [0.1, 0.15) is 0 Å². The first-order valence-electron chi connectivity index (χ1n) is 6.55. The number of aliphatic imine (C=N–C) groups is 1. The lowest BCUT2D eigenvalue weighted by Gasteiger charge is -2.35. The van der Waals surface area contributed by atoms with Crippen molar-refractivity contribution in [3.05, 3.63) is 0 Å². The van der Waals surface area contributed by atoms with Crippen LogP contribution >= 0.6 is 11.8 Å². The zero-order valence-corrected chi connectivity index (χ0v) is 11.6. The van der Waals surface area contributed by atoms with Crippen molar-refractivity contribution >= 4 is 16.9 Å². The highest BCUT2D eigenvalue weighted by Gasteiger charge is 2.39. The van der Waals surface area contributed by atoms with Crippen molar-refractivity contribution in [3.63, 3.8) is 0 Å². The van der Waals surface area contributed by atoms with Gasteiger partial charge < -0.3 is 5.32 Å². The molecule has 1 spiro atoms. The Hall–Kier alpha value is -0.180. The SMILES string of the molecule is CC(C)CN=C1NC2(CCC(C)CC2)CS1. The van der Waals surface area contributed by atoms with E-state index in [-0.39, 0.29) is 0 Å². The third kappa shape index (κ3) is 2.93. The summed E-state index contributed by atoms with van der Waals surface area (Å²) in [6.07, 6.45) is 5.43. The Labute approximate surface area is 104 Å². The van der Waals surface area contributed by atoms with Crippen molar-refractivity contribution in [2.75, 3.05) is 12.3 Å². The minimum absolute atomic E-state index is 0.396. The molecule has 0 atom stereocenters. The minimum Gasteiger partial charge on any atom is -0.359 e. The molecule has 1 heterocycles. The van der Waals surface area contributed by atoms with Gasteiger partial charge in [-0.3, -0.25) is 4.99 Å². The summed E-state index contributed by atoms with van der Waals surface area (Å²) >= 11 is 1.93. The predicted molar refractivity (Wildman–Crippen MR) is 73.1 cm³/mol. The van der Waals surface area contributed by atoms with E-state index < -0.39 is 0 Å². The molecule has 0 aromatic heterocycles. The fourth-order valence-electron chi connectivity index (χ4n) is 2.44. The molecule has 1 saturated carbocycles. The topological polar surface area (TPSA) is 24.4 Å². The van der Waals surface area contributed by atoms with Crippen molar-refractivity contribution < 1.29 is 0 Å². The van der Waals surface area contributed by atoms with Crippen LogP contribution in [0.4, 0.5) is 0 Å². The molecular weight excluding hydrogens is 216 g/mol. The van der Waals surface area contributed by atoms with Crippen LogP contribution in [-0.2, 0) is 0 Å². The molecule has 0 amide bonds. The maximum atomic E-state index is 4.66. The van der Waals surface area contributed by atoms with Gasteiger partial charge in [-0.2, -0.15) is 0 Å². The molecule has 1 aliphatic carbocycles. The molecule has 0 aromatic carbocycles. The van der Waals surface area contributed by atoms with Gasteiger partial charge in [-0.25, -0.2) is 0 Å². The summed E-state index contributed by atoms with van der Waals surface area (Å²) in [5.74, 6) is 2.82. The quantitative estimate of drug-likeness (QED) is 0.801. The van der Waals surface area contributed by atoms with E-state index in [1.54, 1.807) is 0 Å². The number of amidine groups is 1. The predicted octanol–water partition coefficient (Wildman–Crippen LogP) is 3.28. The summed E-state index contributed by atoms with van der Waals surface area (Å²) < 4.78 is 0. The molecule has 2 aliphatic rings. The van der Waals surface area contributed by atoms with Gasteiger partial charge in [-0.15, -0.1) is 0 Å². The fraction of sp³-hybridized carbons (Fsp3) is 0.923. The Balaban J connectivity index is 1.89. The van der Waals surface area contributed by atoms with E-state index in [0.29, 0.717) is 11.5 Å². The number of nitrogens with zero attached hydrogens (tertiary/aromatic N) is 1. The summed E-state index contributed by atoms with van der Waals surface area (Å²) in [4.78, 5) is 4.66. The minimum atomic E-state index is 0.396. The Bertz CT molecular complexity index is 265. The molecule has 0 aromatic rings. The second-order valence-electron chi connectivity index (χ2n) is 5.92. The van der Waals surface area contributed by atoms with E-state index in [9.17, 15) is 0 Å². The van der Waals surface area contributed by atoms with Crippen LogP contribution in [-0.4, -0.2) is 23.0 Å². The highest BCUT2D eigenvalue weighted by molar-refractivity contribution is 8.14. The lowest BCUT2D eigenvalue weighted by molar-refractivity contribution is 0.250. The lowest BCUT2D eigenvalue weighted by atomic mass is 9.78. The summed E-state index contributed by atoms with van der Waals surface area (Å²) in [5, 5.41) is 4.89. The van der Waals surface area contributed by atoms with Crippen molar-refractivity contribution in [3.8, 4) is 0 Å². The average molecular weight is 240 g/mol. The summed E-state index contributed by atoms with van der Waals surface area (Å²) in [7, 11) is 0. The number of rotatable bonds is 2. The van der Waals surface area contributed by atoms with Crippen LogP contribution in [0.25, 0.3) is 0 Å². The molecule has 0 radical (unpaired) electrons. The molecule has 2 fully saturated rings. The molecule has 0 bridgehead atoms. The standard InChI is InChI=1S/C13H24N2S/c1-10(2)8-14-12-15-13(9-16-12)6-4-11(3)5-7-13/h10-11H,4-9H2,1-3H3,(H,14,15). The van der Waals surface area contributed by atoms with Gasteiger partial charge in [-0.05, 0) is 37.5 Å². The first-order valence-corrected chi connectivity index (χ1v) is 7.54. The summed E-state index contributed by atoms with van der Waals surface area (Å²) in [6.45, 7) is 7.79. The van der Waals surface area contributed by atoms with Crippen molar-refractivity contribution in [1.29, 1.82) is 0 Å².